The Morgan fingerprint density at radius 3 is 2.67 bits per heavy atom. The minimum atomic E-state index is -0.638. The fourth-order valence-corrected chi connectivity index (χ4v) is 5.43. The Balaban J connectivity index is 1.76. The van der Waals surface area contributed by atoms with Gasteiger partial charge in [0.05, 0.1) is 18.5 Å². The Morgan fingerprint density at radius 1 is 1.21 bits per heavy atom. The first-order valence-corrected chi connectivity index (χ1v) is 9.52. The second-order valence-electron chi connectivity index (χ2n) is 5.09. The molecule has 0 bridgehead atoms. The SMILES string of the molecule is COC(=O)C1=NN(c2ccc(Br)cc2)[C@]2(Nc3ccccc3S2)S1. The fourth-order valence-electron chi connectivity index (χ4n) is 2.48. The van der Waals surface area contributed by atoms with Gasteiger partial charge in [-0.25, -0.2) is 9.80 Å². The van der Waals surface area contributed by atoms with E-state index in [1.807, 2.05) is 47.5 Å². The second-order valence-corrected chi connectivity index (χ2v) is 8.68. The second kappa shape index (κ2) is 6.02. The predicted molar refractivity (Wildman–Crippen MR) is 102 cm³/mol. The van der Waals surface area contributed by atoms with E-state index in [1.54, 1.807) is 11.8 Å². The molecule has 24 heavy (non-hydrogen) atoms. The summed E-state index contributed by atoms with van der Waals surface area (Å²) in [5.41, 5.74) is 1.91. The molecule has 2 heterocycles. The number of hydrogen-bond donors (Lipinski definition) is 1. The van der Waals surface area contributed by atoms with E-state index in [1.165, 1.54) is 18.9 Å². The van der Waals surface area contributed by atoms with Crippen LogP contribution in [-0.4, -0.2) is 22.4 Å². The van der Waals surface area contributed by atoms with Crippen LogP contribution in [0.25, 0.3) is 0 Å². The smallest absolute Gasteiger partial charge is 0.365 e. The van der Waals surface area contributed by atoms with Gasteiger partial charge in [0.2, 0.25) is 9.37 Å². The van der Waals surface area contributed by atoms with Crippen LogP contribution >= 0.6 is 39.5 Å². The number of nitrogens with one attached hydrogen (secondary N) is 1. The number of hydrogen-bond acceptors (Lipinski definition) is 7. The van der Waals surface area contributed by atoms with Crippen molar-refractivity contribution in [1.82, 2.24) is 0 Å². The molecule has 5 nitrogen and oxygen atoms in total. The van der Waals surface area contributed by atoms with Gasteiger partial charge in [-0.15, -0.1) is 0 Å². The molecule has 0 aliphatic carbocycles. The van der Waals surface area contributed by atoms with Gasteiger partial charge in [0.25, 0.3) is 0 Å². The molecule has 0 amide bonds. The van der Waals surface area contributed by atoms with Gasteiger partial charge in [0.15, 0.2) is 0 Å². The number of carbonyl (C=O) groups excluding carboxylic acids is 1. The zero-order valence-electron chi connectivity index (χ0n) is 12.5. The maximum absolute atomic E-state index is 12.0. The lowest BCUT2D eigenvalue weighted by atomic mass is 10.3. The number of carbonyl (C=O) groups is 1. The summed E-state index contributed by atoms with van der Waals surface area (Å²) in [7, 11) is 1.37. The highest BCUT2D eigenvalue weighted by molar-refractivity contribution is 9.10. The van der Waals surface area contributed by atoms with Crippen LogP contribution in [0.2, 0.25) is 0 Å². The highest BCUT2D eigenvalue weighted by Gasteiger charge is 2.51. The number of anilines is 2. The molecule has 0 saturated heterocycles. The average Bonchev–Trinajstić information content (AvgIpc) is 3.15. The van der Waals surface area contributed by atoms with Crippen molar-refractivity contribution in [2.45, 2.75) is 9.22 Å². The molecule has 0 aromatic heterocycles. The maximum atomic E-state index is 12.0. The summed E-state index contributed by atoms with van der Waals surface area (Å²) in [4.78, 5) is 13.1. The van der Waals surface area contributed by atoms with Gasteiger partial charge in [-0.1, -0.05) is 39.8 Å². The Bertz CT molecular complexity index is 816. The van der Waals surface area contributed by atoms with Crippen LogP contribution in [0.3, 0.4) is 0 Å². The van der Waals surface area contributed by atoms with Crippen molar-refractivity contribution in [2.75, 3.05) is 17.4 Å². The van der Waals surface area contributed by atoms with Crippen molar-refractivity contribution in [1.29, 1.82) is 0 Å². The van der Waals surface area contributed by atoms with E-state index in [4.69, 9.17) is 4.74 Å². The molecule has 0 fully saturated rings. The average molecular weight is 422 g/mol. The van der Waals surface area contributed by atoms with Crippen LogP contribution in [0.1, 0.15) is 0 Å². The lowest BCUT2D eigenvalue weighted by Gasteiger charge is -2.32. The van der Waals surface area contributed by atoms with E-state index in [2.05, 4.69) is 32.4 Å². The van der Waals surface area contributed by atoms with Gasteiger partial charge >= 0.3 is 5.97 Å². The molecular formula is C16H12BrN3O2S2. The number of ether oxygens (including phenoxy) is 1. The van der Waals surface area contributed by atoms with Gasteiger partial charge in [-0.3, -0.25) is 0 Å². The number of nitrogens with zero attached hydrogens (tertiary/aromatic N) is 2. The quantitative estimate of drug-likeness (QED) is 0.728. The molecule has 1 N–H and O–H groups in total. The van der Waals surface area contributed by atoms with Gasteiger partial charge in [-0.05, 0) is 48.2 Å². The topological polar surface area (TPSA) is 53.9 Å². The van der Waals surface area contributed by atoms with E-state index in [0.29, 0.717) is 5.04 Å². The van der Waals surface area contributed by atoms with Crippen LogP contribution in [-0.2, 0) is 9.53 Å². The van der Waals surface area contributed by atoms with Crippen molar-refractivity contribution in [3.8, 4) is 0 Å². The van der Waals surface area contributed by atoms with Crippen LogP contribution in [0.5, 0.6) is 0 Å². The fraction of sp³-hybridized carbons (Fsp3) is 0.125. The number of para-hydroxylation sites is 1. The van der Waals surface area contributed by atoms with E-state index in [-0.39, 0.29) is 0 Å². The van der Waals surface area contributed by atoms with Gasteiger partial charge in [0, 0.05) is 9.37 Å². The zero-order valence-corrected chi connectivity index (χ0v) is 15.7. The number of fused-ring (bicyclic) bond motifs is 1. The number of esters is 1. The van der Waals surface area contributed by atoms with Crippen LogP contribution in [0, 0.1) is 0 Å². The summed E-state index contributed by atoms with van der Waals surface area (Å²) < 4.78 is 5.20. The molecule has 8 heteroatoms. The first kappa shape index (κ1) is 15.9. The van der Waals surface area contributed by atoms with E-state index in [9.17, 15) is 4.79 Å². The molecular weight excluding hydrogens is 410 g/mol. The van der Waals surface area contributed by atoms with Crippen molar-refractivity contribution in [3.63, 3.8) is 0 Å². The molecule has 1 atom stereocenters. The summed E-state index contributed by atoms with van der Waals surface area (Å²) >= 11 is 6.43. The van der Waals surface area contributed by atoms with Crippen molar-refractivity contribution < 1.29 is 9.53 Å². The third-order valence-corrected chi connectivity index (χ3v) is 6.71. The summed E-state index contributed by atoms with van der Waals surface area (Å²) in [6.45, 7) is 0. The third-order valence-electron chi connectivity index (χ3n) is 3.56. The molecule has 1 spiro atoms. The minimum Gasteiger partial charge on any atom is -0.464 e. The molecule has 122 valence electrons. The van der Waals surface area contributed by atoms with E-state index >= 15 is 0 Å². The molecule has 2 aromatic carbocycles. The molecule has 2 aliphatic rings. The van der Waals surface area contributed by atoms with Crippen molar-refractivity contribution in [2.24, 2.45) is 5.10 Å². The van der Waals surface area contributed by atoms with Crippen LogP contribution in [0.4, 0.5) is 11.4 Å². The molecule has 4 rings (SSSR count). The standard InChI is InChI=1S/C16H12BrN3O2S2/c1-22-15(21)14-19-20(11-8-6-10(17)7-9-11)16(24-14)18-12-4-2-3-5-13(12)23-16/h2-9,18H,1H3/t16-/m0/s1. The Hall–Kier alpha value is -1.64. The molecule has 2 aromatic rings. The summed E-state index contributed by atoms with van der Waals surface area (Å²) in [6.07, 6.45) is 0. The lowest BCUT2D eigenvalue weighted by Crippen LogP contribution is -2.41. The third kappa shape index (κ3) is 2.58. The Morgan fingerprint density at radius 2 is 1.96 bits per heavy atom. The first-order chi connectivity index (χ1) is 11.6. The molecule has 0 radical (unpaired) electrons. The van der Waals surface area contributed by atoms with E-state index < -0.39 is 10.3 Å². The van der Waals surface area contributed by atoms with Gasteiger partial charge in [0.1, 0.15) is 0 Å². The summed E-state index contributed by atoms with van der Waals surface area (Å²) in [5.74, 6) is -0.433. The zero-order chi connectivity index (χ0) is 16.7. The highest BCUT2D eigenvalue weighted by atomic mass is 79.9. The normalized spacial score (nSPS) is 21.4. The summed E-state index contributed by atoms with van der Waals surface area (Å²) in [5, 5.41) is 10.2. The lowest BCUT2D eigenvalue weighted by molar-refractivity contribution is -0.132. The van der Waals surface area contributed by atoms with Crippen LogP contribution in [0.15, 0.2) is 63.0 Å². The van der Waals surface area contributed by atoms with Gasteiger partial charge < -0.3 is 10.1 Å². The highest BCUT2D eigenvalue weighted by Crippen LogP contribution is 2.57. The summed E-state index contributed by atoms with van der Waals surface area (Å²) in [6, 6.07) is 15.9. The number of rotatable bonds is 2. The largest absolute Gasteiger partial charge is 0.464 e. The van der Waals surface area contributed by atoms with Crippen molar-refractivity contribution in [3.05, 3.63) is 53.0 Å². The van der Waals surface area contributed by atoms with Crippen molar-refractivity contribution >= 4 is 61.8 Å². The first-order valence-electron chi connectivity index (χ1n) is 7.09. The minimum absolute atomic E-state index is 0.327. The number of thioether (sulfide) groups is 2. The number of hydrazone groups is 1. The monoisotopic (exact) mass is 421 g/mol. The van der Waals surface area contributed by atoms with Crippen LogP contribution < -0.4 is 10.3 Å². The predicted octanol–water partition coefficient (Wildman–Crippen LogP) is 4.32. The van der Waals surface area contributed by atoms with Gasteiger partial charge in [-0.2, -0.15) is 5.10 Å². The molecule has 0 unspecified atom stereocenters. The number of halogens is 1. The number of benzene rings is 2. The Labute approximate surface area is 156 Å². The molecule has 2 aliphatic heterocycles. The maximum Gasteiger partial charge on any atom is 0.365 e. The molecule has 0 saturated carbocycles. The number of methoxy groups -OCH3 is 1. The Kier molecular flexibility index (Phi) is 3.98. The van der Waals surface area contributed by atoms with E-state index in [0.717, 1.165) is 20.7 Å².